The Labute approximate surface area is 98.4 Å². The molecule has 80 valence electrons. The Hall–Kier alpha value is -1.86. The first-order chi connectivity index (χ1) is 7.88. The van der Waals surface area contributed by atoms with Gasteiger partial charge >= 0.3 is 0 Å². The van der Waals surface area contributed by atoms with Crippen LogP contribution in [0.1, 0.15) is 11.3 Å². The minimum absolute atomic E-state index is 0.448. The number of nitrogens with zero attached hydrogens (tertiary/aromatic N) is 2. The zero-order valence-electron chi connectivity index (χ0n) is 8.68. The van der Waals surface area contributed by atoms with Gasteiger partial charge in [0, 0.05) is 6.54 Å². The van der Waals surface area contributed by atoms with E-state index >= 15 is 0 Å². The van der Waals surface area contributed by atoms with Gasteiger partial charge in [-0.2, -0.15) is 16.6 Å². The fourth-order valence-electron chi connectivity index (χ4n) is 1.35. The van der Waals surface area contributed by atoms with E-state index in [1.165, 1.54) is 5.56 Å². The topological polar surface area (TPSA) is 48.7 Å². The van der Waals surface area contributed by atoms with Crippen LogP contribution in [-0.2, 0) is 6.42 Å². The molecule has 0 aromatic carbocycles. The Morgan fingerprint density at radius 3 is 2.94 bits per heavy atom. The molecule has 0 saturated carbocycles. The Bertz CT molecular complexity index is 468. The van der Waals surface area contributed by atoms with Crippen LogP contribution in [0.2, 0.25) is 0 Å². The van der Waals surface area contributed by atoms with E-state index in [1.54, 1.807) is 23.6 Å². The lowest BCUT2D eigenvalue weighted by Gasteiger charge is -2.04. The molecule has 2 heterocycles. The van der Waals surface area contributed by atoms with Gasteiger partial charge in [0.25, 0.3) is 0 Å². The van der Waals surface area contributed by atoms with Gasteiger partial charge in [-0.3, -0.25) is 0 Å². The molecule has 2 aromatic rings. The molecule has 0 aliphatic heterocycles. The van der Waals surface area contributed by atoms with Crippen molar-refractivity contribution in [1.82, 2.24) is 4.98 Å². The third-order valence-corrected chi connectivity index (χ3v) is 2.93. The lowest BCUT2D eigenvalue weighted by atomic mass is 10.2. The number of aromatic nitrogens is 1. The zero-order chi connectivity index (χ0) is 11.2. The SMILES string of the molecule is N#Cc1ccc(NCCc2ccsc2)cn1. The lowest BCUT2D eigenvalue weighted by Crippen LogP contribution is -2.04. The summed E-state index contributed by atoms with van der Waals surface area (Å²) in [6.07, 6.45) is 2.69. The first-order valence-electron chi connectivity index (χ1n) is 4.99. The Kier molecular flexibility index (Phi) is 3.52. The van der Waals surface area contributed by atoms with Crippen LogP contribution in [0, 0.1) is 11.3 Å². The number of rotatable bonds is 4. The van der Waals surface area contributed by atoms with Crippen molar-refractivity contribution in [2.24, 2.45) is 0 Å². The van der Waals surface area contributed by atoms with E-state index in [0.717, 1.165) is 18.7 Å². The smallest absolute Gasteiger partial charge is 0.140 e. The van der Waals surface area contributed by atoms with Crippen molar-refractivity contribution >= 4 is 17.0 Å². The standard InChI is InChI=1S/C12H11N3S/c13-7-11-1-2-12(8-15-11)14-5-3-10-4-6-16-9-10/h1-2,4,6,8-9,14H,3,5H2. The maximum absolute atomic E-state index is 8.60. The van der Waals surface area contributed by atoms with E-state index in [2.05, 4.69) is 27.1 Å². The minimum atomic E-state index is 0.448. The van der Waals surface area contributed by atoms with Crippen molar-refractivity contribution in [3.63, 3.8) is 0 Å². The number of nitrogens with one attached hydrogen (secondary N) is 1. The van der Waals surface area contributed by atoms with Gasteiger partial charge < -0.3 is 5.32 Å². The molecule has 0 saturated heterocycles. The molecule has 0 fully saturated rings. The fourth-order valence-corrected chi connectivity index (χ4v) is 2.05. The molecule has 0 aliphatic carbocycles. The Morgan fingerprint density at radius 2 is 2.31 bits per heavy atom. The van der Waals surface area contributed by atoms with Gasteiger partial charge in [-0.25, -0.2) is 4.98 Å². The van der Waals surface area contributed by atoms with Crippen LogP contribution in [0.3, 0.4) is 0 Å². The average molecular weight is 229 g/mol. The zero-order valence-corrected chi connectivity index (χ0v) is 9.50. The summed E-state index contributed by atoms with van der Waals surface area (Å²) in [5.41, 5.74) is 2.75. The predicted octanol–water partition coefficient (Wildman–Crippen LogP) is 2.67. The molecular formula is C12H11N3S. The van der Waals surface area contributed by atoms with Crippen LogP contribution in [0.5, 0.6) is 0 Å². The van der Waals surface area contributed by atoms with Crippen LogP contribution in [-0.4, -0.2) is 11.5 Å². The van der Waals surface area contributed by atoms with Crippen LogP contribution in [0.4, 0.5) is 5.69 Å². The van der Waals surface area contributed by atoms with Gasteiger partial charge in [0.15, 0.2) is 0 Å². The molecule has 2 rings (SSSR count). The van der Waals surface area contributed by atoms with Crippen molar-refractivity contribution in [1.29, 1.82) is 5.26 Å². The second-order valence-electron chi connectivity index (χ2n) is 3.35. The van der Waals surface area contributed by atoms with Crippen molar-refractivity contribution in [3.05, 3.63) is 46.4 Å². The summed E-state index contributed by atoms with van der Waals surface area (Å²) in [5, 5.41) is 16.1. The maximum atomic E-state index is 8.60. The largest absolute Gasteiger partial charge is 0.383 e. The third-order valence-electron chi connectivity index (χ3n) is 2.20. The van der Waals surface area contributed by atoms with E-state index in [9.17, 15) is 0 Å². The second-order valence-corrected chi connectivity index (χ2v) is 4.13. The fraction of sp³-hybridized carbons (Fsp3) is 0.167. The monoisotopic (exact) mass is 229 g/mol. The number of hydrogen-bond acceptors (Lipinski definition) is 4. The summed E-state index contributed by atoms with van der Waals surface area (Å²) in [4.78, 5) is 3.99. The predicted molar refractivity (Wildman–Crippen MR) is 65.5 cm³/mol. The molecule has 0 aliphatic rings. The molecule has 0 atom stereocenters. The summed E-state index contributed by atoms with van der Waals surface area (Å²) >= 11 is 1.71. The number of nitriles is 1. The Morgan fingerprint density at radius 1 is 1.38 bits per heavy atom. The summed E-state index contributed by atoms with van der Waals surface area (Å²) in [6.45, 7) is 0.879. The molecular weight excluding hydrogens is 218 g/mol. The lowest BCUT2D eigenvalue weighted by molar-refractivity contribution is 1.02. The summed E-state index contributed by atoms with van der Waals surface area (Å²) in [7, 11) is 0. The highest BCUT2D eigenvalue weighted by atomic mass is 32.1. The molecule has 0 radical (unpaired) electrons. The summed E-state index contributed by atoms with van der Waals surface area (Å²) < 4.78 is 0. The van der Waals surface area contributed by atoms with Crippen molar-refractivity contribution in [2.75, 3.05) is 11.9 Å². The van der Waals surface area contributed by atoms with Crippen LogP contribution in [0.25, 0.3) is 0 Å². The quantitative estimate of drug-likeness (QED) is 0.876. The van der Waals surface area contributed by atoms with Gasteiger partial charge in [-0.15, -0.1) is 0 Å². The second kappa shape index (κ2) is 5.29. The molecule has 3 nitrogen and oxygen atoms in total. The average Bonchev–Trinajstić information content (AvgIpc) is 2.83. The molecule has 1 N–H and O–H groups in total. The third kappa shape index (κ3) is 2.81. The highest BCUT2D eigenvalue weighted by Gasteiger charge is 1.95. The van der Waals surface area contributed by atoms with Gasteiger partial charge in [0.05, 0.1) is 11.9 Å². The molecule has 0 bridgehead atoms. The van der Waals surface area contributed by atoms with Crippen LogP contribution in [0.15, 0.2) is 35.2 Å². The normalized spacial score (nSPS) is 9.69. The van der Waals surface area contributed by atoms with E-state index < -0.39 is 0 Å². The van der Waals surface area contributed by atoms with E-state index in [4.69, 9.17) is 5.26 Å². The number of anilines is 1. The molecule has 0 amide bonds. The number of thiophene rings is 1. The van der Waals surface area contributed by atoms with Gasteiger partial charge in [-0.1, -0.05) is 0 Å². The van der Waals surface area contributed by atoms with Gasteiger partial charge in [-0.05, 0) is 40.9 Å². The first-order valence-corrected chi connectivity index (χ1v) is 5.94. The minimum Gasteiger partial charge on any atom is -0.383 e. The molecule has 0 unspecified atom stereocenters. The summed E-state index contributed by atoms with van der Waals surface area (Å²) in [6, 6.07) is 7.71. The van der Waals surface area contributed by atoms with Gasteiger partial charge in [0.1, 0.15) is 11.8 Å². The van der Waals surface area contributed by atoms with Crippen LogP contribution < -0.4 is 5.32 Å². The van der Waals surface area contributed by atoms with Crippen molar-refractivity contribution in [3.8, 4) is 6.07 Å². The molecule has 16 heavy (non-hydrogen) atoms. The number of hydrogen-bond donors (Lipinski definition) is 1. The molecule has 2 aromatic heterocycles. The maximum Gasteiger partial charge on any atom is 0.140 e. The highest BCUT2D eigenvalue weighted by Crippen LogP contribution is 2.08. The highest BCUT2D eigenvalue weighted by molar-refractivity contribution is 7.07. The van der Waals surface area contributed by atoms with Gasteiger partial charge in [0.2, 0.25) is 0 Å². The Balaban J connectivity index is 1.83. The number of pyridine rings is 1. The van der Waals surface area contributed by atoms with Crippen molar-refractivity contribution in [2.45, 2.75) is 6.42 Å². The summed E-state index contributed by atoms with van der Waals surface area (Å²) in [5.74, 6) is 0. The van der Waals surface area contributed by atoms with E-state index in [1.807, 2.05) is 12.1 Å². The molecule has 0 spiro atoms. The first kappa shape index (κ1) is 10.7. The van der Waals surface area contributed by atoms with E-state index in [-0.39, 0.29) is 0 Å². The molecule has 4 heteroatoms. The van der Waals surface area contributed by atoms with E-state index in [0.29, 0.717) is 5.69 Å². The van der Waals surface area contributed by atoms with Crippen LogP contribution >= 0.6 is 11.3 Å². The van der Waals surface area contributed by atoms with Crippen molar-refractivity contribution < 1.29 is 0 Å².